The van der Waals surface area contributed by atoms with Crippen molar-refractivity contribution in [2.24, 2.45) is 0 Å². The van der Waals surface area contributed by atoms with Gasteiger partial charge in [0.1, 0.15) is 0 Å². The van der Waals surface area contributed by atoms with E-state index in [9.17, 15) is 0 Å². The fraction of sp³-hybridized carbons (Fsp3) is 0.692. The summed E-state index contributed by atoms with van der Waals surface area (Å²) in [7, 11) is 0. The molecule has 2 atom stereocenters. The molecule has 2 unspecified atom stereocenters. The smallest absolute Gasteiger partial charge is 0.0951 e. The molecule has 2 aliphatic rings. The minimum Gasteiger partial charge on any atom is -0.378 e. The average molecular weight is 332 g/mol. The predicted octanol–water partition coefficient (Wildman–Crippen LogP) is 2.94. The molecule has 1 N–H and O–H groups in total. The number of hydrogen-bond acceptors (Lipinski definition) is 4. The summed E-state index contributed by atoms with van der Waals surface area (Å²) in [6, 6.07) is 2.66. The molecule has 100 valence electrons. The van der Waals surface area contributed by atoms with E-state index in [0.29, 0.717) is 6.04 Å². The van der Waals surface area contributed by atoms with Crippen LogP contribution in [0.25, 0.3) is 0 Å². The third-order valence-electron chi connectivity index (χ3n) is 3.80. The lowest BCUT2D eigenvalue weighted by molar-refractivity contribution is -0.0894. The molecule has 0 aliphatic carbocycles. The van der Waals surface area contributed by atoms with Crippen molar-refractivity contribution in [1.29, 1.82) is 0 Å². The molecule has 1 aromatic heterocycles. The summed E-state index contributed by atoms with van der Waals surface area (Å²) in [4.78, 5) is 1.37. The summed E-state index contributed by atoms with van der Waals surface area (Å²) < 4.78 is 12.7. The highest BCUT2D eigenvalue weighted by molar-refractivity contribution is 9.10. The summed E-state index contributed by atoms with van der Waals surface area (Å²) in [5.74, 6) is 0. The van der Waals surface area contributed by atoms with E-state index in [-0.39, 0.29) is 5.60 Å². The first kappa shape index (κ1) is 13.1. The average Bonchev–Trinajstić information content (AvgIpc) is 2.97. The zero-order chi connectivity index (χ0) is 12.4. The van der Waals surface area contributed by atoms with Crippen LogP contribution in [-0.2, 0) is 16.0 Å². The van der Waals surface area contributed by atoms with Crippen LogP contribution in [0.4, 0.5) is 0 Å². The van der Waals surface area contributed by atoms with Gasteiger partial charge >= 0.3 is 0 Å². The van der Waals surface area contributed by atoms with E-state index in [1.54, 1.807) is 11.3 Å². The molecule has 2 fully saturated rings. The maximum absolute atomic E-state index is 5.95. The number of thiophene rings is 1. The van der Waals surface area contributed by atoms with Gasteiger partial charge in [-0.15, -0.1) is 11.3 Å². The first-order chi connectivity index (χ1) is 8.77. The molecule has 0 bridgehead atoms. The van der Waals surface area contributed by atoms with Gasteiger partial charge in [0.25, 0.3) is 0 Å². The van der Waals surface area contributed by atoms with Crippen LogP contribution in [-0.4, -0.2) is 31.5 Å². The van der Waals surface area contributed by atoms with Gasteiger partial charge in [-0.25, -0.2) is 0 Å². The molecule has 0 saturated carbocycles. The second-order valence-electron chi connectivity index (χ2n) is 5.10. The molecule has 0 radical (unpaired) electrons. The normalized spacial score (nSPS) is 32.2. The Kier molecular flexibility index (Phi) is 4.06. The summed E-state index contributed by atoms with van der Waals surface area (Å²) in [6.07, 6.45) is 3.23. The van der Waals surface area contributed by atoms with Gasteiger partial charge in [-0.1, -0.05) is 0 Å². The maximum atomic E-state index is 5.95. The molecule has 3 rings (SSSR count). The van der Waals surface area contributed by atoms with Crippen molar-refractivity contribution in [3.05, 3.63) is 20.8 Å². The highest BCUT2D eigenvalue weighted by Crippen LogP contribution is 2.33. The topological polar surface area (TPSA) is 30.5 Å². The highest BCUT2D eigenvalue weighted by atomic mass is 79.9. The molecule has 5 heteroatoms. The van der Waals surface area contributed by atoms with Crippen LogP contribution in [0.3, 0.4) is 0 Å². The first-order valence-corrected chi connectivity index (χ1v) is 8.12. The lowest BCUT2D eigenvalue weighted by atomic mass is 9.90. The summed E-state index contributed by atoms with van der Waals surface area (Å²) in [6.45, 7) is 3.42. The molecule has 0 amide bonds. The molecule has 3 heterocycles. The maximum Gasteiger partial charge on any atom is 0.0951 e. The fourth-order valence-corrected chi connectivity index (χ4v) is 4.20. The molecular formula is C13H18BrNO2S. The standard InChI is InChI=1S/C13H18BrNO2S/c14-11-2-6-18-12(11)8-15-10-1-4-17-13(7-10)3-5-16-9-13/h2,6,10,15H,1,3-5,7-9H2. The van der Waals surface area contributed by atoms with E-state index in [2.05, 4.69) is 32.7 Å². The minimum absolute atomic E-state index is 0.00258. The summed E-state index contributed by atoms with van der Waals surface area (Å²) in [5.41, 5.74) is 0.00258. The van der Waals surface area contributed by atoms with Crippen LogP contribution in [0.5, 0.6) is 0 Å². The second kappa shape index (κ2) is 5.59. The van der Waals surface area contributed by atoms with E-state index in [0.717, 1.165) is 45.6 Å². The quantitative estimate of drug-likeness (QED) is 0.923. The largest absolute Gasteiger partial charge is 0.378 e. The lowest BCUT2D eigenvalue weighted by Crippen LogP contribution is -2.47. The van der Waals surface area contributed by atoms with Crippen molar-refractivity contribution >= 4 is 27.3 Å². The van der Waals surface area contributed by atoms with Gasteiger partial charge in [0.2, 0.25) is 0 Å². The van der Waals surface area contributed by atoms with Gasteiger partial charge in [0, 0.05) is 41.6 Å². The van der Waals surface area contributed by atoms with Crippen molar-refractivity contribution in [2.75, 3.05) is 19.8 Å². The van der Waals surface area contributed by atoms with Gasteiger partial charge in [0.15, 0.2) is 0 Å². The molecule has 1 spiro atoms. The Labute approximate surface area is 120 Å². The van der Waals surface area contributed by atoms with E-state index >= 15 is 0 Å². The highest BCUT2D eigenvalue weighted by Gasteiger charge is 2.40. The second-order valence-corrected chi connectivity index (χ2v) is 6.95. The minimum atomic E-state index is 0.00258. The number of nitrogens with one attached hydrogen (secondary N) is 1. The van der Waals surface area contributed by atoms with Crippen molar-refractivity contribution in [3.63, 3.8) is 0 Å². The van der Waals surface area contributed by atoms with Crippen molar-refractivity contribution in [1.82, 2.24) is 5.32 Å². The lowest BCUT2D eigenvalue weighted by Gasteiger charge is -2.37. The molecule has 3 nitrogen and oxygen atoms in total. The van der Waals surface area contributed by atoms with E-state index in [1.165, 1.54) is 9.35 Å². The van der Waals surface area contributed by atoms with Gasteiger partial charge in [-0.05, 0) is 40.2 Å². The summed E-state index contributed by atoms with van der Waals surface area (Å²) >= 11 is 5.37. The number of hydrogen-bond donors (Lipinski definition) is 1. The van der Waals surface area contributed by atoms with Crippen LogP contribution in [0.15, 0.2) is 15.9 Å². The molecular weight excluding hydrogens is 314 g/mol. The number of rotatable bonds is 3. The van der Waals surface area contributed by atoms with Crippen molar-refractivity contribution < 1.29 is 9.47 Å². The Balaban J connectivity index is 1.55. The third-order valence-corrected chi connectivity index (χ3v) is 5.73. The first-order valence-electron chi connectivity index (χ1n) is 6.44. The molecule has 2 saturated heterocycles. The van der Waals surface area contributed by atoms with Crippen molar-refractivity contribution in [2.45, 2.75) is 37.5 Å². The van der Waals surface area contributed by atoms with Crippen LogP contribution >= 0.6 is 27.3 Å². The van der Waals surface area contributed by atoms with E-state index in [4.69, 9.17) is 9.47 Å². The van der Waals surface area contributed by atoms with Gasteiger partial charge in [-0.2, -0.15) is 0 Å². The SMILES string of the molecule is Brc1ccsc1CNC1CCOC2(CCOC2)C1. The van der Waals surface area contributed by atoms with E-state index < -0.39 is 0 Å². The molecule has 2 aliphatic heterocycles. The van der Waals surface area contributed by atoms with Crippen LogP contribution < -0.4 is 5.32 Å². The van der Waals surface area contributed by atoms with Crippen LogP contribution in [0.1, 0.15) is 24.1 Å². The summed E-state index contributed by atoms with van der Waals surface area (Å²) in [5, 5.41) is 5.78. The number of halogens is 1. The Bertz CT molecular complexity index is 403. The fourth-order valence-electron chi connectivity index (χ4n) is 2.75. The van der Waals surface area contributed by atoms with E-state index in [1.807, 2.05) is 0 Å². The zero-order valence-electron chi connectivity index (χ0n) is 10.3. The Morgan fingerprint density at radius 3 is 3.17 bits per heavy atom. The van der Waals surface area contributed by atoms with Crippen LogP contribution in [0, 0.1) is 0 Å². The van der Waals surface area contributed by atoms with Gasteiger partial charge in [-0.3, -0.25) is 0 Å². The van der Waals surface area contributed by atoms with Gasteiger partial charge in [0.05, 0.1) is 12.2 Å². The molecule has 18 heavy (non-hydrogen) atoms. The Morgan fingerprint density at radius 2 is 2.44 bits per heavy atom. The van der Waals surface area contributed by atoms with Crippen molar-refractivity contribution in [3.8, 4) is 0 Å². The van der Waals surface area contributed by atoms with Gasteiger partial charge < -0.3 is 14.8 Å². The number of ether oxygens (including phenoxy) is 2. The van der Waals surface area contributed by atoms with Crippen LogP contribution in [0.2, 0.25) is 0 Å². The predicted molar refractivity (Wildman–Crippen MR) is 76.0 cm³/mol. The Morgan fingerprint density at radius 1 is 1.50 bits per heavy atom. The monoisotopic (exact) mass is 331 g/mol. The Hall–Kier alpha value is 0.0600. The molecule has 0 aromatic carbocycles. The molecule has 1 aromatic rings. The zero-order valence-corrected chi connectivity index (χ0v) is 12.7. The third kappa shape index (κ3) is 2.80.